The summed E-state index contributed by atoms with van der Waals surface area (Å²) in [5.41, 5.74) is 0. The van der Waals surface area contributed by atoms with Crippen LogP contribution in [0.4, 0.5) is 13.2 Å². The molecule has 9 nitrogen and oxygen atoms in total. The number of amides is 4. The van der Waals surface area contributed by atoms with Gasteiger partial charge in [-0.2, -0.15) is 13.2 Å². The third-order valence-electron chi connectivity index (χ3n) is 5.79. The fourth-order valence-corrected chi connectivity index (χ4v) is 3.71. The second-order valence-electron chi connectivity index (χ2n) is 10.6. The smallest absolute Gasteiger partial charge is 0.344 e. The first-order chi connectivity index (χ1) is 17.7. The summed E-state index contributed by atoms with van der Waals surface area (Å²) in [7, 11) is 0. The molecular formula is C26H43F3N4O5. The molecule has 2 heterocycles. The van der Waals surface area contributed by atoms with Gasteiger partial charge in [0.2, 0.25) is 17.6 Å². The zero-order valence-electron chi connectivity index (χ0n) is 23.2. The van der Waals surface area contributed by atoms with Crippen molar-refractivity contribution in [3.05, 3.63) is 0 Å². The molecule has 0 radical (unpaired) electrons. The highest BCUT2D eigenvalue weighted by atomic mass is 19.4. The van der Waals surface area contributed by atoms with E-state index in [-0.39, 0.29) is 18.9 Å². The molecule has 4 amide bonds. The Morgan fingerprint density at radius 2 is 1.47 bits per heavy atom. The molecule has 0 aromatic rings. The first-order valence-corrected chi connectivity index (χ1v) is 13.5. The van der Waals surface area contributed by atoms with Gasteiger partial charge in [-0.1, -0.05) is 53.9 Å². The minimum atomic E-state index is -5.11. The van der Waals surface area contributed by atoms with E-state index in [1.54, 1.807) is 0 Å². The Labute approximate surface area is 223 Å². The van der Waals surface area contributed by atoms with Crippen LogP contribution in [0.1, 0.15) is 79.6 Å². The summed E-state index contributed by atoms with van der Waals surface area (Å²) in [6.45, 7) is 11.0. The molecule has 0 aromatic carbocycles. The molecule has 38 heavy (non-hydrogen) atoms. The highest BCUT2D eigenvalue weighted by Gasteiger charge is 2.41. The quantitative estimate of drug-likeness (QED) is 0.453. The van der Waals surface area contributed by atoms with Gasteiger partial charge in [0.05, 0.1) is 12.6 Å². The third kappa shape index (κ3) is 11.4. The maximum absolute atomic E-state index is 12.8. The summed E-state index contributed by atoms with van der Waals surface area (Å²) in [4.78, 5) is 63.5. The van der Waals surface area contributed by atoms with E-state index in [0.29, 0.717) is 25.9 Å². The highest BCUT2D eigenvalue weighted by molar-refractivity contribution is 6.38. The monoisotopic (exact) mass is 548 g/mol. The van der Waals surface area contributed by atoms with Crippen molar-refractivity contribution in [2.75, 3.05) is 26.2 Å². The molecule has 3 fully saturated rings. The van der Waals surface area contributed by atoms with Crippen molar-refractivity contribution >= 4 is 29.4 Å². The van der Waals surface area contributed by atoms with E-state index < -0.39 is 54.2 Å². The van der Waals surface area contributed by atoms with Gasteiger partial charge in [-0.15, -0.1) is 0 Å². The fraction of sp³-hybridized carbons (Fsp3) is 0.808. The number of ketones is 1. The number of halogens is 3. The maximum atomic E-state index is 12.8. The SMILES string of the molecule is CC(C)C.CCC.O=C(C(=O)N1CCC1)C(CC1CC1)NC(=O)[C@@H]1CCCN1C(=O)CNC(=O)C(F)(F)F. The van der Waals surface area contributed by atoms with Crippen LogP contribution in [-0.2, 0) is 24.0 Å². The number of rotatable bonds is 8. The molecule has 0 bridgehead atoms. The Balaban J connectivity index is 0.000000923. The number of likely N-dealkylation sites (tertiary alicyclic amines) is 2. The van der Waals surface area contributed by atoms with E-state index >= 15 is 0 Å². The number of nitrogens with one attached hydrogen (secondary N) is 2. The minimum Gasteiger partial charge on any atom is -0.344 e. The van der Waals surface area contributed by atoms with Crippen molar-refractivity contribution in [2.24, 2.45) is 11.8 Å². The molecule has 2 N–H and O–H groups in total. The second kappa shape index (κ2) is 15.7. The van der Waals surface area contributed by atoms with Crippen molar-refractivity contribution in [1.29, 1.82) is 0 Å². The van der Waals surface area contributed by atoms with Crippen LogP contribution in [0.3, 0.4) is 0 Å². The first kappa shape index (κ1) is 33.4. The predicted molar refractivity (Wildman–Crippen MR) is 136 cm³/mol. The molecule has 218 valence electrons. The average Bonchev–Trinajstić information content (AvgIpc) is 3.45. The Morgan fingerprint density at radius 1 is 0.921 bits per heavy atom. The molecule has 0 spiro atoms. The number of Topliss-reactive ketones (excluding diaryl/α,β-unsaturated/α-hetero) is 1. The topological polar surface area (TPSA) is 116 Å². The number of carbonyl (C=O) groups is 5. The summed E-state index contributed by atoms with van der Waals surface area (Å²) >= 11 is 0. The van der Waals surface area contributed by atoms with Crippen LogP contribution in [-0.4, -0.2) is 83.7 Å². The van der Waals surface area contributed by atoms with Crippen LogP contribution in [0.5, 0.6) is 0 Å². The molecule has 3 rings (SSSR count). The summed E-state index contributed by atoms with van der Waals surface area (Å²) < 4.78 is 36.9. The number of carbonyl (C=O) groups excluding carboxylic acids is 5. The van der Waals surface area contributed by atoms with E-state index in [0.717, 1.165) is 30.1 Å². The van der Waals surface area contributed by atoms with Gasteiger partial charge in [-0.25, -0.2) is 0 Å². The van der Waals surface area contributed by atoms with Gasteiger partial charge in [0.25, 0.3) is 5.91 Å². The standard InChI is InChI=1S/C19H25F3N4O5.C4H10.C3H8/c20-19(21,22)18(31)23-10-14(27)26-8-1-3-13(26)16(29)24-12(9-11-4-5-11)15(28)17(30)25-6-2-7-25;1-4(2)3;1-3-2/h11-13H,1-10H2,(H,23,31)(H,24,29);4H,1-3H3;3H2,1-2H3/t12?,13-;;/m0../s1. The van der Waals surface area contributed by atoms with Crippen molar-refractivity contribution in [3.63, 3.8) is 0 Å². The minimum absolute atomic E-state index is 0.146. The van der Waals surface area contributed by atoms with Crippen LogP contribution in [0.15, 0.2) is 0 Å². The molecule has 12 heteroatoms. The lowest BCUT2D eigenvalue weighted by Crippen LogP contribution is -2.56. The molecule has 2 aliphatic heterocycles. The molecular weight excluding hydrogens is 505 g/mol. The van der Waals surface area contributed by atoms with E-state index in [1.165, 1.54) is 16.6 Å². The van der Waals surface area contributed by atoms with Crippen LogP contribution in [0.25, 0.3) is 0 Å². The number of hydrogen-bond donors (Lipinski definition) is 2. The lowest BCUT2D eigenvalue weighted by atomic mass is 10.0. The molecule has 1 unspecified atom stereocenters. The molecule has 2 atom stereocenters. The molecule has 3 aliphatic rings. The Bertz CT molecular complexity index is 823. The Morgan fingerprint density at radius 3 is 1.92 bits per heavy atom. The Hall–Kier alpha value is -2.66. The Kier molecular flexibility index (Phi) is 13.8. The van der Waals surface area contributed by atoms with E-state index in [4.69, 9.17) is 0 Å². The van der Waals surface area contributed by atoms with Gasteiger partial charge in [-0.05, 0) is 37.5 Å². The molecule has 0 aromatic heterocycles. The van der Waals surface area contributed by atoms with E-state index in [1.807, 2.05) is 0 Å². The summed E-state index contributed by atoms with van der Waals surface area (Å²) in [6, 6.07) is -1.96. The summed E-state index contributed by atoms with van der Waals surface area (Å²) in [5, 5.41) is 4.09. The van der Waals surface area contributed by atoms with Gasteiger partial charge in [0.15, 0.2) is 0 Å². The highest BCUT2D eigenvalue weighted by Crippen LogP contribution is 2.34. The second-order valence-corrected chi connectivity index (χ2v) is 10.6. The van der Waals surface area contributed by atoms with Crippen LogP contribution >= 0.6 is 0 Å². The van der Waals surface area contributed by atoms with Gasteiger partial charge >= 0.3 is 12.1 Å². The summed E-state index contributed by atoms with van der Waals surface area (Å²) in [6.07, 6.45) is -0.161. The van der Waals surface area contributed by atoms with Gasteiger partial charge in [0.1, 0.15) is 6.04 Å². The van der Waals surface area contributed by atoms with Gasteiger partial charge < -0.3 is 20.4 Å². The molecule has 1 aliphatic carbocycles. The maximum Gasteiger partial charge on any atom is 0.471 e. The van der Waals surface area contributed by atoms with Gasteiger partial charge in [0, 0.05) is 19.6 Å². The van der Waals surface area contributed by atoms with Crippen molar-refractivity contribution in [3.8, 4) is 0 Å². The van der Waals surface area contributed by atoms with Crippen molar-refractivity contribution < 1.29 is 37.1 Å². The zero-order valence-corrected chi connectivity index (χ0v) is 23.2. The van der Waals surface area contributed by atoms with E-state index in [9.17, 15) is 37.1 Å². The molecule has 1 saturated carbocycles. The van der Waals surface area contributed by atoms with E-state index in [2.05, 4.69) is 39.9 Å². The number of alkyl halides is 3. The van der Waals surface area contributed by atoms with Crippen LogP contribution in [0.2, 0.25) is 0 Å². The third-order valence-corrected chi connectivity index (χ3v) is 5.79. The first-order valence-electron chi connectivity index (χ1n) is 13.5. The van der Waals surface area contributed by atoms with Crippen LogP contribution in [0, 0.1) is 11.8 Å². The average molecular weight is 549 g/mol. The van der Waals surface area contributed by atoms with Crippen molar-refractivity contribution in [1.82, 2.24) is 20.4 Å². The number of nitrogens with zero attached hydrogens (tertiary/aromatic N) is 2. The van der Waals surface area contributed by atoms with Crippen LogP contribution < -0.4 is 10.6 Å². The lowest BCUT2D eigenvalue weighted by Gasteiger charge is -2.32. The predicted octanol–water partition coefficient (Wildman–Crippen LogP) is 2.82. The largest absolute Gasteiger partial charge is 0.471 e. The van der Waals surface area contributed by atoms with Gasteiger partial charge in [-0.3, -0.25) is 24.0 Å². The fourth-order valence-electron chi connectivity index (χ4n) is 3.71. The zero-order chi connectivity index (χ0) is 29.0. The number of hydrogen-bond acceptors (Lipinski definition) is 5. The van der Waals surface area contributed by atoms with Crippen molar-refractivity contribution in [2.45, 2.75) is 97.8 Å². The molecule has 2 saturated heterocycles. The summed E-state index contributed by atoms with van der Waals surface area (Å²) in [5.74, 6) is -3.92. The lowest BCUT2D eigenvalue weighted by molar-refractivity contribution is -0.174. The normalized spacial score (nSPS) is 19.2.